The summed E-state index contributed by atoms with van der Waals surface area (Å²) in [6.45, 7) is 4.58. The van der Waals surface area contributed by atoms with Crippen LogP contribution in [0.1, 0.15) is 124 Å². The van der Waals surface area contributed by atoms with Gasteiger partial charge in [0.05, 0.1) is 11.6 Å². The topological polar surface area (TPSA) is 86.7 Å². The molecule has 9 heteroatoms. The van der Waals surface area contributed by atoms with E-state index in [9.17, 15) is 32.7 Å². The van der Waals surface area contributed by atoms with Crippen molar-refractivity contribution in [1.29, 1.82) is 0 Å². The van der Waals surface area contributed by atoms with Crippen LogP contribution in [0.4, 0.5) is 13.2 Å². The molecule has 0 saturated carbocycles. The van der Waals surface area contributed by atoms with Gasteiger partial charge in [-0.05, 0) is 48.2 Å². The second-order valence-electron chi connectivity index (χ2n) is 10.8. The third kappa shape index (κ3) is 11.9. The summed E-state index contributed by atoms with van der Waals surface area (Å²) in [6, 6.07) is 10.3. The number of halogens is 3. The van der Waals surface area contributed by atoms with Crippen LogP contribution in [0.2, 0.25) is 0 Å². The number of amides is 2. The summed E-state index contributed by atoms with van der Waals surface area (Å²) < 4.78 is 39.2. The molecular formula is C33H45F3N2O4. The number of nitrogens with one attached hydrogen (secondary N) is 1. The molecular weight excluding hydrogens is 545 g/mol. The molecule has 2 aromatic carbocycles. The van der Waals surface area contributed by atoms with Crippen LogP contribution in [-0.4, -0.2) is 34.3 Å². The number of nitrogens with zero attached hydrogens (tertiary/aromatic N) is 1. The predicted molar refractivity (Wildman–Crippen MR) is 158 cm³/mol. The molecule has 1 unspecified atom stereocenters. The quantitative estimate of drug-likeness (QED) is 0.135. The molecule has 0 aliphatic carbocycles. The van der Waals surface area contributed by atoms with Crippen molar-refractivity contribution in [2.45, 2.75) is 110 Å². The molecule has 0 spiro atoms. The van der Waals surface area contributed by atoms with Gasteiger partial charge in [0.1, 0.15) is 0 Å². The molecule has 6 nitrogen and oxygen atoms in total. The molecule has 2 amide bonds. The van der Waals surface area contributed by atoms with Gasteiger partial charge < -0.3 is 15.3 Å². The Balaban J connectivity index is 1.95. The molecule has 2 rings (SSSR count). The Morgan fingerprint density at radius 1 is 0.786 bits per heavy atom. The molecule has 232 valence electrons. The van der Waals surface area contributed by atoms with Gasteiger partial charge in [0.25, 0.3) is 5.91 Å². The first-order valence-electron chi connectivity index (χ1n) is 15.2. The highest BCUT2D eigenvalue weighted by atomic mass is 19.4. The van der Waals surface area contributed by atoms with Gasteiger partial charge in [-0.25, -0.2) is 4.79 Å². The fourth-order valence-corrected chi connectivity index (χ4v) is 4.99. The van der Waals surface area contributed by atoms with E-state index in [1.165, 1.54) is 57.1 Å². The largest absolute Gasteiger partial charge is 0.474 e. The molecule has 0 heterocycles. The molecule has 2 aromatic rings. The zero-order valence-electron chi connectivity index (χ0n) is 24.8. The van der Waals surface area contributed by atoms with E-state index in [1.807, 2.05) is 6.92 Å². The molecule has 0 radical (unpaired) electrons. The first kappa shape index (κ1) is 34.8. The highest BCUT2D eigenvalue weighted by Crippen LogP contribution is 2.33. The Morgan fingerprint density at radius 3 is 1.83 bits per heavy atom. The van der Waals surface area contributed by atoms with Crippen molar-refractivity contribution in [3.05, 3.63) is 70.8 Å². The van der Waals surface area contributed by atoms with Gasteiger partial charge in [-0.2, -0.15) is 13.2 Å². The Bertz CT molecular complexity index is 1100. The molecule has 0 aliphatic heterocycles. The zero-order valence-corrected chi connectivity index (χ0v) is 24.8. The van der Waals surface area contributed by atoms with Gasteiger partial charge in [-0.3, -0.25) is 9.59 Å². The zero-order chi connectivity index (χ0) is 31.0. The monoisotopic (exact) mass is 590 g/mol. The number of carbonyl (C=O) groups excluding carboxylic acids is 2. The van der Waals surface area contributed by atoms with E-state index in [1.54, 1.807) is 24.3 Å². The van der Waals surface area contributed by atoms with Crippen LogP contribution in [-0.2, 0) is 22.3 Å². The van der Waals surface area contributed by atoms with Gasteiger partial charge in [0.2, 0.25) is 0 Å². The van der Waals surface area contributed by atoms with Crippen molar-refractivity contribution in [2.75, 3.05) is 6.54 Å². The summed E-state index contributed by atoms with van der Waals surface area (Å²) in [5.74, 6) is -3.00. The van der Waals surface area contributed by atoms with Gasteiger partial charge >= 0.3 is 18.1 Å². The lowest BCUT2D eigenvalue weighted by Crippen LogP contribution is -2.39. The Kier molecular flexibility index (Phi) is 15.1. The molecule has 1 atom stereocenters. The highest BCUT2D eigenvalue weighted by molar-refractivity contribution is 6.31. The number of carbonyl (C=O) groups is 3. The first-order chi connectivity index (χ1) is 20.1. The number of carboxylic acids is 1. The minimum absolute atomic E-state index is 0.0721. The van der Waals surface area contributed by atoms with E-state index in [0.717, 1.165) is 36.3 Å². The minimum Gasteiger partial charge on any atom is -0.474 e. The van der Waals surface area contributed by atoms with Crippen molar-refractivity contribution in [2.24, 2.45) is 0 Å². The third-order valence-electron chi connectivity index (χ3n) is 7.39. The number of unbranched alkanes of at least 4 members (excludes halogenated alkanes) is 9. The maximum atomic E-state index is 13.1. The Labute approximate surface area is 247 Å². The molecule has 0 aliphatic rings. The van der Waals surface area contributed by atoms with Crippen LogP contribution >= 0.6 is 0 Å². The molecule has 42 heavy (non-hydrogen) atoms. The first-order valence-corrected chi connectivity index (χ1v) is 15.2. The lowest BCUT2D eigenvalue weighted by atomic mass is 9.98. The maximum absolute atomic E-state index is 13.1. The predicted octanol–water partition coefficient (Wildman–Crippen LogP) is 8.31. The average molecular weight is 591 g/mol. The summed E-state index contributed by atoms with van der Waals surface area (Å²) in [7, 11) is 0. The SMILES string of the molecule is CCCCCCCCCCCCNC(=O)c1ccc(CN(C(=O)C(=O)O)C(CCC)c2ccc(C(F)(F)F)cc2)cc1. The fraction of sp³-hybridized carbons (Fsp3) is 0.545. The number of carboxylic acid groups (broad SMARTS) is 1. The van der Waals surface area contributed by atoms with Crippen molar-refractivity contribution in [3.63, 3.8) is 0 Å². The smallest absolute Gasteiger partial charge is 0.416 e. The lowest BCUT2D eigenvalue weighted by Gasteiger charge is -2.31. The van der Waals surface area contributed by atoms with Crippen LogP contribution < -0.4 is 5.32 Å². The van der Waals surface area contributed by atoms with Crippen molar-refractivity contribution >= 4 is 17.8 Å². The number of hydrogen-bond acceptors (Lipinski definition) is 3. The summed E-state index contributed by atoms with van der Waals surface area (Å²) in [4.78, 5) is 38.1. The molecule has 0 bridgehead atoms. The molecule has 0 aromatic heterocycles. The standard InChI is InChI=1S/C33H45F3N2O4/c1-3-5-6-7-8-9-10-11-12-13-23-37-30(39)27-17-15-25(16-18-27)24-38(31(40)32(41)42)29(14-4-2)26-19-21-28(22-20-26)33(34,35)36/h15-22,29H,3-14,23-24H2,1-2H3,(H,37,39)(H,41,42). The van der Waals surface area contributed by atoms with E-state index in [2.05, 4.69) is 12.2 Å². The molecule has 0 saturated heterocycles. The van der Waals surface area contributed by atoms with Crippen LogP contribution in [0.15, 0.2) is 48.5 Å². The summed E-state index contributed by atoms with van der Waals surface area (Å²) in [5.41, 5.74) is 0.653. The number of rotatable bonds is 18. The number of aliphatic carboxylic acids is 1. The number of hydrogen-bond donors (Lipinski definition) is 2. The normalized spacial score (nSPS) is 12.1. The van der Waals surface area contributed by atoms with Crippen molar-refractivity contribution < 1.29 is 32.7 Å². The van der Waals surface area contributed by atoms with Gasteiger partial charge in [0, 0.05) is 18.7 Å². The van der Waals surface area contributed by atoms with E-state index < -0.39 is 29.7 Å². The van der Waals surface area contributed by atoms with Crippen molar-refractivity contribution in [3.8, 4) is 0 Å². The van der Waals surface area contributed by atoms with Crippen LogP contribution in [0.5, 0.6) is 0 Å². The van der Waals surface area contributed by atoms with Gasteiger partial charge in [-0.15, -0.1) is 0 Å². The minimum atomic E-state index is -4.50. The highest BCUT2D eigenvalue weighted by Gasteiger charge is 2.32. The van der Waals surface area contributed by atoms with E-state index in [-0.39, 0.29) is 12.5 Å². The van der Waals surface area contributed by atoms with Crippen LogP contribution in [0, 0.1) is 0 Å². The van der Waals surface area contributed by atoms with E-state index >= 15 is 0 Å². The second kappa shape index (κ2) is 18.2. The molecule has 0 fully saturated rings. The number of benzene rings is 2. The maximum Gasteiger partial charge on any atom is 0.416 e. The lowest BCUT2D eigenvalue weighted by molar-refractivity contribution is -0.157. The average Bonchev–Trinajstić information content (AvgIpc) is 2.97. The van der Waals surface area contributed by atoms with Crippen LogP contribution in [0.25, 0.3) is 0 Å². The summed E-state index contributed by atoms with van der Waals surface area (Å²) in [5, 5.41) is 12.4. The summed E-state index contributed by atoms with van der Waals surface area (Å²) >= 11 is 0. The number of alkyl halides is 3. The van der Waals surface area contributed by atoms with Gasteiger partial charge in [0.15, 0.2) is 0 Å². The molecule has 2 N–H and O–H groups in total. The van der Waals surface area contributed by atoms with E-state index in [0.29, 0.717) is 36.1 Å². The Morgan fingerprint density at radius 2 is 1.33 bits per heavy atom. The Hall–Kier alpha value is -3.36. The van der Waals surface area contributed by atoms with E-state index in [4.69, 9.17) is 0 Å². The fourth-order valence-electron chi connectivity index (χ4n) is 4.99. The van der Waals surface area contributed by atoms with Crippen LogP contribution in [0.3, 0.4) is 0 Å². The van der Waals surface area contributed by atoms with Gasteiger partial charge in [-0.1, -0.05) is 102 Å². The third-order valence-corrected chi connectivity index (χ3v) is 7.39. The van der Waals surface area contributed by atoms with Crippen molar-refractivity contribution in [1.82, 2.24) is 10.2 Å². The summed E-state index contributed by atoms with van der Waals surface area (Å²) in [6.07, 6.45) is 8.58. The second-order valence-corrected chi connectivity index (χ2v) is 10.8.